The van der Waals surface area contributed by atoms with Crippen LogP contribution in [0.5, 0.6) is 0 Å². The highest BCUT2D eigenvalue weighted by Crippen LogP contribution is 2.40. The van der Waals surface area contributed by atoms with E-state index < -0.39 is 43.2 Å². The maximum absolute atomic E-state index is 12.3. The summed E-state index contributed by atoms with van der Waals surface area (Å²) >= 11 is 0. The minimum atomic E-state index is -5.78. The van der Waals surface area contributed by atoms with Gasteiger partial charge in [-0.1, -0.05) is 0 Å². The topological polar surface area (TPSA) is 46.6 Å². The first-order valence-electron chi connectivity index (χ1n) is 4.94. The first-order chi connectivity index (χ1) is 8.45. The Kier molecular flexibility index (Phi) is 5.63. The number of amides is 1. The van der Waals surface area contributed by atoms with Crippen molar-refractivity contribution in [3.63, 3.8) is 0 Å². The van der Waals surface area contributed by atoms with Crippen LogP contribution in [0.2, 0.25) is 0 Å². The summed E-state index contributed by atoms with van der Waals surface area (Å²) in [6.07, 6.45) is -11.6. The van der Waals surface area contributed by atoms with Crippen LogP contribution in [0.1, 0.15) is 6.92 Å². The van der Waals surface area contributed by atoms with E-state index in [1.54, 1.807) is 0 Å². The second-order valence-electron chi connectivity index (χ2n) is 3.44. The number of ether oxygens (including phenoxy) is 1. The van der Waals surface area contributed by atoms with E-state index in [1.807, 2.05) is 0 Å². The van der Waals surface area contributed by atoms with Crippen molar-refractivity contribution in [1.82, 2.24) is 4.90 Å². The number of halogens is 6. The van der Waals surface area contributed by atoms with E-state index in [0.717, 1.165) is 14.0 Å². The summed E-state index contributed by atoms with van der Waals surface area (Å²) in [6.45, 7) is -0.324. The number of carbonyl (C=O) groups excluding carboxylic acids is 2. The molecule has 112 valence electrons. The Morgan fingerprint density at radius 3 is 1.79 bits per heavy atom. The summed E-state index contributed by atoms with van der Waals surface area (Å²) in [4.78, 5) is 22.3. The molecule has 0 radical (unpaired) electrons. The molecule has 0 unspecified atom stereocenters. The van der Waals surface area contributed by atoms with E-state index in [-0.39, 0.29) is 4.90 Å². The van der Waals surface area contributed by atoms with Gasteiger partial charge in [0.25, 0.3) is 0 Å². The quantitative estimate of drug-likeness (QED) is 0.586. The number of esters is 1. The number of hydrogen-bond acceptors (Lipinski definition) is 3. The molecule has 0 aliphatic carbocycles. The third-order valence-electron chi connectivity index (χ3n) is 2.14. The van der Waals surface area contributed by atoms with E-state index in [1.165, 1.54) is 0 Å². The molecule has 0 saturated carbocycles. The van der Waals surface area contributed by atoms with Crippen molar-refractivity contribution in [3.8, 4) is 0 Å². The van der Waals surface area contributed by atoms with Crippen molar-refractivity contribution < 1.29 is 40.7 Å². The Morgan fingerprint density at radius 1 is 1.11 bits per heavy atom. The molecule has 0 saturated heterocycles. The molecule has 0 aliphatic heterocycles. The van der Waals surface area contributed by atoms with Crippen LogP contribution in [0.25, 0.3) is 0 Å². The van der Waals surface area contributed by atoms with Crippen LogP contribution in [0.15, 0.2) is 0 Å². The van der Waals surface area contributed by atoms with Gasteiger partial charge < -0.3 is 9.64 Å². The highest BCUT2D eigenvalue weighted by Gasteiger charge is 2.62. The third-order valence-corrected chi connectivity index (χ3v) is 2.14. The summed E-state index contributed by atoms with van der Waals surface area (Å²) in [5.74, 6) is -7.49. The molecule has 0 fully saturated rings. The lowest BCUT2D eigenvalue weighted by molar-refractivity contribution is -0.277. The Hall–Kier alpha value is -1.48. The minimum Gasteiger partial charge on any atom is -0.468 e. The normalized spacial score (nSPS) is 12.5. The second-order valence-corrected chi connectivity index (χ2v) is 3.44. The van der Waals surface area contributed by atoms with Gasteiger partial charge in [-0.05, 0) is 6.92 Å². The van der Waals surface area contributed by atoms with Crippen molar-refractivity contribution in [2.24, 2.45) is 5.92 Å². The molecule has 10 heteroatoms. The first kappa shape index (κ1) is 17.5. The van der Waals surface area contributed by atoms with Gasteiger partial charge in [-0.2, -0.15) is 26.3 Å². The van der Waals surface area contributed by atoms with Gasteiger partial charge in [-0.3, -0.25) is 9.59 Å². The van der Waals surface area contributed by atoms with Gasteiger partial charge in [-0.15, -0.1) is 0 Å². The SMILES string of the molecule is CCN(CC(=O)OC)C(=O)C(C(F)(F)F)C(F)(F)F. The lowest BCUT2D eigenvalue weighted by Crippen LogP contribution is -2.50. The van der Waals surface area contributed by atoms with E-state index in [2.05, 4.69) is 4.74 Å². The molecule has 0 aromatic rings. The largest absolute Gasteiger partial charge is 0.468 e. The van der Waals surface area contributed by atoms with Gasteiger partial charge in [0.2, 0.25) is 11.8 Å². The fraction of sp³-hybridized carbons (Fsp3) is 0.778. The Bertz CT molecular complexity index is 324. The number of carbonyl (C=O) groups is 2. The molecule has 0 aromatic heterocycles. The van der Waals surface area contributed by atoms with Crippen molar-refractivity contribution >= 4 is 11.9 Å². The fourth-order valence-corrected chi connectivity index (χ4v) is 1.21. The zero-order valence-electron chi connectivity index (χ0n) is 9.93. The monoisotopic (exact) mass is 295 g/mol. The highest BCUT2D eigenvalue weighted by atomic mass is 19.4. The molecule has 0 rings (SSSR count). The standard InChI is InChI=1S/C9H11F6NO3/c1-3-16(4-5(17)19-2)7(18)6(8(10,11)12)9(13,14)15/h6H,3-4H2,1-2H3. The smallest absolute Gasteiger partial charge is 0.409 e. The molecule has 1 amide bonds. The Labute approximate surface area is 104 Å². The van der Waals surface area contributed by atoms with Crippen molar-refractivity contribution in [2.75, 3.05) is 20.2 Å². The molecular weight excluding hydrogens is 284 g/mol. The van der Waals surface area contributed by atoms with Crippen molar-refractivity contribution in [1.29, 1.82) is 0 Å². The van der Waals surface area contributed by atoms with Gasteiger partial charge in [-0.25, -0.2) is 0 Å². The van der Waals surface area contributed by atoms with Crippen molar-refractivity contribution in [2.45, 2.75) is 19.3 Å². The highest BCUT2D eigenvalue weighted by molar-refractivity contribution is 5.84. The molecule has 0 aromatic carbocycles. The zero-order valence-corrected chi connectivity index (χ0v) is 9.93. The van der Waals surface area contributed by atoms with Crippen LogP contribution in [0, 0.1) is 5.92 Å². The Morgan fingerprint density at radius 2 is 1.53 bits per heavy atom. The van der Waals surface area contributed by atoms with Crippen LogP contribution in [0.4, 0.5) is 26.3 Å². The van der Waals surface area contributed by atoms with E-state index >= 15 is 0 Å². The van der Waals surface area contributed by atoms with E-state index in [9.17, 15) is 35.9 Å². The van der Waals surface area contributed by atoms with Crippen LogP contribution < -0.4 is 0 Å². The minimum absolute atomic E-state index is 0.136. The number of rotatable bonds is 4. The first-order valence-corrected chi connectivity index (χ1v) is 4.94. The van der Waals surface area contributed by atoms with E-state index in [4.69, 9.17) is 0 Å². The predicted octanol–water partition coefficient (Wildman–Crippen LogP) is 1.75. The lowest BCUT2D eigenvalue weighted by atomic mass is 10.1. The van der Waals surface area contributed by atoms with Crippen LogP contribution >= 0.6 is 0 Å². The number of likely N-dealkylation sites (N-methyl/N-ethyl adjacent to an activating group) is 1. The molecular formula is C9H11F6NO3. The van der Waals surface area contributed by atoms with Gasteiger partial charge >= 0.3 is 18.3 Å². The number of hydrogen-bond donors (Lipinski definition) is 0. The van der Waals surface area contributed by atoms with Crippen LogP contribution in [0.3, 0.4) is 0 Å². The number of methoxy groups -OCH3 is 1. The van der Waals surface area contributed by atoms with E-state index in [0.29, 0.717) is 0 Å². The summed E-state index contributed by atoms with van der Waals surface area (Å²) in [6, 6.07) is 0. The fourth-order valence-electron chi connectivity index (χ4n) is 1.21. The van der Waals surface area contributed by atoms with Crippen LogP contribution in [-0.4, -0.2) is 49.3 Å². The Balaban J connectivity index is 5.24. The summed E-state index contributed by atoms with van der Waals surface area (Å²) in [5.41, 5.74) is 0. The molecule has 0 atom stereocenters. The molecule has 0 heterocycles. The van der Waals surface area contributed by atoms with Gasteiger partial charge in [0.05, 0.1) is 7.11 Å². The number of nitrogens with zero attached hydrogens (tertiary/aromatic N) is 1. The maximum atomic E-state index is 12.3. The van der Waals surface area contributed by atoms with Crippen LogP contribution in [-0.2, 0) is 14.3 Å². The average Bonchev–Trinajstić information content (AvgIpc) is 2.20. The summed E-state index contributed by atoms with van der Waals surface area (Å²) in [7, 11) is 0.894. The molecule has 19 heavy (non-hydrogen) atoms. The van der Waals surface area contributed by atoms with Gasteiger partial charge in [0.1, 0.15) is 6.54 Å². The predicted molar refractivity (Wildman–Crippen MR) is 49.9 cm³/mol. The summed E-state index contributed by atoms with van der Waals surface area (Å²) in [5, 5.41) is 0. The average molecular weight is 295 g/mol. The van der Waals surface area contributed by atoms with Crippen molar-refractivity contribution in [3.05, 3.63) is 0 Å². The second kappa shape index (κ2) is 6.11. The van der Waals surface area contributed by atoms with Gasteiger partial charge in [0, 0.05) is 6.54 Å². The zero-order chi connectivity index (χ0) is 15.4. The maximum Gasteiger partial charge on any atom is 0.409 e. The molecule has 0 bridgehead atoms. The summed E-state index contributed by atoms with van der Waals surface area (Å²) < 4.78 is 77.9. The third kappa shape index (κ3) is 4.95. The molecule has 0 N–H and O–H groups in total. The molecule has 0 spiro atoms. The molecule has 0 aliphatic rings. The number of alkyl halides is 6. The van der Waals surface area contributed by atoms with Gasteiger partial charge in [0.15, 0.2) is 0 Å². The molecule has 4 nitrogen and oxygen atoms in total. The lowest BCUT2D eigenvalue weighted by Gasteiger charge is -2.28.